The fourth-order valence-electron chi connectivity index (χ4n) is 1.90. The van der Waals surface area contributed by atoms with Gasteiger partial charge in [-0.2, -0.15) is 5.26 Å². The molecule has 2 aromatic rings. The van der Waals surface area contributed by atoms with Gasteiger partial charge in [-0.1, -0.05) is 19.1 Å². The van der Waals surface area contributed by atoms with Gasteiger partial charge >= 0.3 is 0 Å². The molecule has 0 unspecified atom stereocenters. The minimum atomic E-state index is -0.525. The van der Waals surface area contributed by atoms with Crippen molar-refractivity contribution in [3.8, 4) is 11.8 Å². The van der Waals surface area contributed by atoms with Crippen LogP contribution in [0.3, 0.4) is 0 Å². The zero-order valence-electron chi connectivity index (χ0n) is 12.1. The molecule has 0 aliphatic heterocycles. The molecule has 2 aromatic carbocycles. The minimum absolute atomic E-state index is 0.113. The van der Waals surface area contributed by atoms with Crippen LogP contribution in [0, 0.1) is 21.4 Å². The Morgan fingerprint density at radius 2 is 2.05 bits per heavy atom. The molecule has 0 atom stereocenters. The number of hydrogen-bond acceptors (Lipinski definition) is 5. The highest BCUT2D eigenvalue weighted by Crippen LogP contribution is 2.30. The first kappa shape index (κ1) is 15.3. The van der Waals surface area contributed by atoms with Crippen molar-refractivity contribution >= 4 is 17.1 Å². The third-order valence-corrected chi connectivity index (χ3v) is 2.95. The van der Waals surface area contributed by atoms with Crippen LogP contribution in [0.15, 0.2) is 42.5 Å². The standard InChI is InChI=1S/C16H15N3O3/c1-2-9-22-16-6-4-3-5-15(16)18-14-8-7-13(19(20)21)10-12(14)11-17/h3-8,10,18H,2,9H2,1H3. The zero-order chi connectivity index (χ0) is 15.9. The Balaban J connectivity index is 2.31. The normalized spacial score (nSPS) is 9.82. The maximum absolute atomic E-state index is 10.8. The summed E-state index contributed by atoms with van der Waals surface area (Å²) in [7, 11) is 0. The predicted molar refractivity (Wildman–Crippen MR) is 83.3 cm³/mol. The largest absolute Gasteiger partial charge is 0.491 e. The average Bonchev–Trinajstić information content (AvgIpc) is 2.54. The predicted octanol–water partition coefficient (Wildman–Crippen LogP) is 4.00. The third-order valence-electron chi connectivity index (χ3n) is 2.95. The second kappa shape index (κ2) is 7.09. The van der Waals surface area contributed by atoms with Crippen LogP contribution in [0.25, 0.3) is 0 Å². The quantitative estimate of drug-likeness (QED) is 0.643. The summed E-state index contributed by atoms with van der Waals surface area (Å²) in [6, 6.07) is 13.5. The van der Waals surface area contributed by atoms with E-state index >= 15 is 0 Å². The number of para-hydroxylation sites is 2. The van der Waals surface area contributed by atoms with Crippen LogP contribution < -0.4 is 10.1 Å². The fraction of sp³-hybridized carbons (Fsp3) is 0.188. The monoisotopic (exact) mass is 297 g/mol. The summed E-state index contributed by atoms with van der Waals surface area (Å²) in [6.07, 6.45) is 0.884. The molecule has 0 amide bonds. The molecule has 0 fully saturated rings. The highest BCUT2D eigenvalue weighted by Gasteiger charge is 2.12. The lowest BCUT2D eigenvalue weighted by molar-refractivity contribution is -0.384. The molecule has 0 aliphatic rings. The van der Waals surface area contributed by atoms with Crippen LogP contribution in [-0.4, -0.2) is 11.5 Å². The van der Waals surface area contributed by atoms with Crippen molar-refractivity contribution < 1.29 is 9.66 Å². The summed E-state index contributed by atoms with van der Waals surface area (Å²) in [5.41, 5.74) is 1.30. The molecule has 0 aliphatic carbocycles. The Labute approximate surface area is 128 Å². The van der Waals surface area contributed by atoms with Crippen LogP contribution in [0.1, 0.15) is 18.9 Å². The van der Waals surface area contributed by atoms with Gasteiger partial charge in [0, 0.05) is 12.1 Å². The summed E-state index contributed by atoms with van der Waals surface area (Å²) < 4.78 is 5.64. The molecular weight excluding hydrogens is 282 g/mol. The number of nitriles is 1. The first-order valence-corrected chi connectivity index (χ1v) is 6.83. The molecule has 0 bridgehead atoms. The molecule has 0 saturated carbocycles. The van der Waals surface area contributed by atoms with Gasteiger partial charge < -0.3 is 10.1 Å². The van der Waals surface area contributed by atoms with Crippen molar-refractivity contribution in [1.29, 1.82) is 5.26 Å². The molecule has 112 valence electrons. The number of ether oxygens (including phenoxy) is 1. The number of nitrogens with zero attached hydrogens (tertiary/aromatic N) is 2. The maximum Gasteiger partial charge on any atom is 0.270 e. The van der Waals surface area contributed by atoms with E-state index in [2.05, 4.69) is 5.32 Å². The Bertz CT molecular complexity index is 723. The van der Waals surface area contributed by atoms with Gasteiger partial charge in [-0.15, -0.1) is 0 Å². The van der Waals surface area contributed by atoms with Gasteiger partial charge in [0.05, 0.1) is 28.5 Å². The van der Waals surface area contributed by atoms with E-state index in [0.29, 0.717) is 23.7 Å². The van der Waals surface area contributed by atoms with Gasteiger partial charge in [0.2, 0.25) is 0 Å². The number of nitro groups is 1. The molecule has 0 aromatic heterocycles. The van der Waals surface area contributed by atoms with Crippen LogP contribution >= 0.6 is 0 Å². The van der Waals surface area contributed by atoms with Crippen molar-refractivity contribution in [2.24, 2.45) is 0 Å². The number of non-ortho nitro benzene ring substituents is 1. The van der Waals surface area contributed by atoms with E-state index in [1.165, 1.54) is 18.2 Å². The molecule has 1 N–H and O–H groups in total. The lowest BCUT2D eigenvalue weighted by Crippen LogP contribution is -2.01. The second-order valence-corrected chi connectivity index (χ2v) is 4.57. The van der Waals surface area contributed by atoms with Gasteiger partial charge in [-0.3, -0.25) is 10.1 Å². The highest BCUT2D eigenvalue weighted by molar-refractivity contribution is 5.71. The molecular formula is C16H15N3O3. The number of rotatable bonds is 6. The number of nitrogens with one attached hydrogen (secondary N) is 1. The molecule has 2 rings (SSSR count). The number of benzene rings is 2. The Morgan fingerprint density at radius 3 is 2.73 bits per heavy atom. The topological polar surface area (TPSA) is 88.2 Å². The van der Waals surface area contributed by atoms with Crippen molar-refractivity contribution in [2.75, 3.05) is 11.9 Å². The lowest BCUT2D eigenvalue weighted by Gasteiger charge is -2.13. The van der Waals surface area contributed by atoms with E-state index in [1.807, 2.05) is 37.3 Å². The zero-order valence-corrected chi connectivity index (χ0v) is 12.1. The average molecular weight is 297 g/mol. The van der Waals surface area contributed by atoms with Crippen molar-refractivity contribution in [3.05, 3.63) is 58.1 Å². The third kappa shape index (κ3) is 3.52. The van der Waals surface area contributed by atoms with E-state index < -0.39 is 4.92 Å². The van der Waals surface area contributed by atoms with E-state index in [9.17, 15) is 10.1 Å². The summed E-state index contributed by atoms with van der Waals surface area (Å²) in [6.45, 7) is 2.60. The maximum atomic E-state index is 10.8. The summed E-state index contributed by atoms with van der Waals surface area (Å²) in [4.78, 5) is 10.2. The summed E-state index contributed by atoms with van der Waals surface area (Å²) in [5, 5.41) is 23.0. The Hall–Kier alpha value is -3.07. The first-order valence-electron chi connectivity index (χ1n) is 6.83. The Kier molecular flexibility index (Phi) is 4.94. The highest BCUT2D eigenvalue weighted by atomic mass is 16.6. The smallest absolute Gasteiger partial charge is 0.270 e. The SMILES string of the molecule is CCCOc1ccccc1Nc1ccc([N+](=O)[O-])cc1C#N. The molecule has 0 saturated heterocycles. The molecule has 6 nitrogen and oxygen atoms in total. The van der Waals surface area contributed by atoms with E-state index in [-0.39, 0.29) is 11.3 Å². The first-order chi connectivity index (χ1) is 10.7. The van der Waals surface area contributed by atoms with Crippen LogP contribution in [0.5, 0.6) is 5.75 Å². The van der Waals surface area contributed by atoms with Crippen molar-refractivity contribution in [1.82, 2.24) is 0 Å². The molecule has 0 radical (unpaired) electrons. The number of nitro benzene ring substituents is 1. The van der Waals surface area contributed by atoms with Crippen LogP contribution in [0.2, 0.25) is 0 Å². The van der Waals surface area contributed by atoms with Crippen LogP contribution in [0.4, 0.5) is 17.1 Å². The van der Waals surface area contributed by atoms with Gasteiger partial charge in [-0.05, 0) is 24.6 Å². The van der Waals surface area contributed by atoms with Gasteiger partial charge in [0.1, 0.15) is 11.8 Å². The lowest BCUT2D eigenvalue weighted by atomic mass is 10.1. The van der Waals surface area contributed by atoms with Gasteiger partial charge in [0.15, 0.2) is 0 Å². The van der Waals surface area contributed by atoms with Gasteiger partial charge in [-0.25, -0.2) is 0 Å². The Morgan fingerprint density at radius 1 is 1.27 bits per heavy atom. The van der Waals surface area contributed by atoms with E-state index in [4.69, 9.17) is 10.00 Å². The molecule has 6 heteroatoms. The minimum Gasteiger partial charge on any atom is -0.491 e. The second-order valence-electron chi connectivity index (χ2n) is 4.57. The summed E-state index contributed by atoms with van der Waals surface area (Å²) in [5.74, 6) is 0.673. The van der Waals surface area contributed by atoms with E-state index in [1.54, 1.807) is 0 Å². The number of anilines is 2. The van der Waals surface area contributed by atoms with E-state index in [0.717, 1.165) is 6.42 Å². The summed E-state index contributed by atoms with van der Waals surface area (Å²) >= 11 is 0. The fourth-order valence-corrected chi connectivity index (χ4v) is 1.90. The molecule has 0 heterocycles. The van der Waals surface area contributed by atoms with Crippen LogP contribution in [-0.2, 0) is 0 Å². The number of hydrogen-bond donors (Lipinski definition) is 1. The molecule has 0 spiro atoms. The molecule has 22 heavy (non-hydrogen) atoms. The van der Waals surface area contributed by atoms with Crippen molar-refractivity contribution in [3.63, 3.8) is 0 Å². The van der Waals surface area contributed by atoms with Gasteiger partial charge in [0.25, 0.3) is 5.69 Å². The van der Waals surface area contributed by atoms with Crippen molar-refractivity contribution in [2.45, 2.75) is 13.3 Å².